The molecule has 0 bridgehead atoms. The van der Waals surface area contributed by atoms with Crippen molar-refractivity contribution in [2.24, 2.45) is 10.9 Å². The maximum Gasteiger partial charge on any atom is 0.260 e. The number of benzene rings is 2. The predicted octanol–water partition coefficient (Wildman–Crippen LogP) is 4.41. The van der Waals surface area contributed by atoms with Crippen molar-refractivity contribution in [3.8, 4) is 0 Å². The molecular weight excluding hydrogens is 570 g/mol. The first-order chi connectivity index (χ1) is 21.5. The molecule has 0 radical (unpaired) electrons. The molecule has 45 heavy (non-hydrogen) atoms. The van der Waals surface area contributed by atoms with Crippen molar-refractivity contribution in [2.45, 2.75) is 58.3 Å². The zero-order chi connectivity index (χ0) is 32.3. The molecule has 0 fully saturated rings. The fraction of sp³-hybridized carbons (Fsp3) is 0.314. The number of Topliss-reactive ketones (excluding diaryl/α,β-unsaturated/α-hetero) is 1. The van der Waals surface area contributed by atoms with Crippen LogP contribution in [-0.2, 0) is 19.1 Å². The summed E-state index contributed by atoms with van der Waals surface area (Å²) in [5.41, 5.74) is 1.19. The minimum absolute atomic E-state index is 0.119. The van der Waals surface area contributed by atoms with E-state index in [0.717, 1.165) is 0 Å². The third-order valence-electron chi connectivity index (χ3n) is 7.71. The number of hydrogen-bond donors (Lipinski definition) is 1. The third kappa shape index (κ3) is 6.55. The van der Waals surface area contributed by atoms with Crippen molar-refractivity contribution < 1.29 is 23.9 Å². The maximum atomic E-state index is 14.9. The zero-order valence-electron chi connectivity index (χ0n) is 26.0. The lowest BCUT2D eigenvalue weighted by molar-refractivity contribution is -0.141. The normalized spacial score (nSPS) is 18.9. The van der Waals surface area contributed by atoms with E-state index in [4.69, 9.17) is 4.74 Å². The molecule has 3 atom stereocenters. The van der Waals surface area contributed by atoms with Crippen LogP contribution < -0.4 is 5.32 Å². The molecular formula is C35H37N5O5. The van der Waals surface area contributed by atoms with Crippen molar-refractivity contribution in [1.29, 1.82) is 0 Å². The van der Waals surface area contributed by atoms with Gasteiger partial charge in [0.1, 0.15) is 18.7 Å². The smallest absolute Gasteiger partial charge is 0.260 e. The number of carbonyl (C=O) groups excluding carboxylic acids is 4. The molecule has 2 aliphatic rings. The van der Waals surface area contributed by atoms with Crippen LogP contribution in [0.3, 0.4) is 0 Å². The molecule has 5 rings (SSSR count). The van der Waals surface area contributed by atoms with E-state index in [0.29, 0.717) is 22.4 Å². The van der Waals surface area contributed by atoms with Crippen LogP contribution in [-0.4, -0.2) is 68.4 Å². The molecule has 2 aromatic carbocycles. The SMILES string of the molecule is CC(=O)NC(c1ccccc1)[C@@H](C(=O)C1=NC(C)(C)CO1)N1C(=O)[C@@H](C(C)C)N(C(=O)c2cccnc2)C=C1c1ccccc1. The Labute approximate surface area is 262 Å². The molecule has 0 saturated carbocycles. The van der Waals surface area contributed by atoms with Crippen LogP contribution in [0, 0.1) is 5.92 Å². The number of amides is 3. The fourth-order valence-corrected chi connectivity index (χ4v) is 5.67. The van der Waals surface area contributed by atoms with Crippen LogP contribution in [0.15, 0.2) is 96.4 Å². The molecule has 0 spiro atoms. The quantitative estimate of drug-likeness (QED) is 0.385. The number of carbonyl (C=O) groups is 4. The standard InChI is InChI=1S/C35H37N5O5/c1-22(2)29-34(44)40(27(24-13-8-6-9-14-24)20-39(29)33(43)26-17-12-18-36-19-26)30(31(42)32-38-35(4,5)21-45-32)28(37-23(3)41)25-15-10-7-11-16-25/h6-20,22,28-30H,21H2,1-5H3,(H,37,41)/t28?,29-,30+/m1/s1. The number of ketones is 1. The maximum absolute atomic E-state index is 14.9. The van der Waals surface area contributed by atoms with E-state index >= 15 is 0 Å². The fourth-order valence-electron chi connectivity index (χ4n) is 5.67. The van der Waals surface area contributed by atoms with Gasteiger partial charge in [0.15, 0.2) is 0 Å². The molecule has 1 unspecified atom stereocenters. The number of aromatic nitrogens is 1. The van der Waals surface area contributed by atoms with Gasteiger partial charge in [-0.3, -0.25) is 29.1 Å². The van der Waals surface area contributed by atoms with E-state index in [1.807, 2.05) is 52.0 Å². The van der Waals surface area contributed by atoms with Crippen molar-refractivity contribution in [3.63, 3.8) is 0 Å². The average Bonchev–Trinajstić information content (AvgIpc) is 3.40. The molecule has 0 saturated heterocycles. The Morgan fingerprint density at radius 2 is 1.64 bits per heavy atom. The topological polar surface area (TPSA) is 121 Å². The van der Waals surface area contributed by atoms with Gasteiger partial charge in [0.25, 0.3) is 17.7 Å². The summed E-state index contributed by atoms with van der Waals surface area (Å²) in [6.45, 7) is 8.94. The number of aliphatic imine (C=N–C) groups is 1. The number of nitrogens with zero attached hydrogens (tertiary/aromatic N) is 4. The van der Waals surface area contributed by atoms with Gasteiger partial charge in [-0.05, 0) is 43.0 Å². The van der Waals surface area contributed by atoms with Crippen molar-refractivity contribution in [1.82, 2.24) is 20.1 Å². The van der Waals surface area contributed by atoms with Gasteiger partial charge >= 0.3 is 0 Å². The van der Waals surface area contributed by atoms with Gasteiger partial charge in [0, 0.05) is 25.5 Å². The number of nitrogens with one attached hydrogen (secondary N) is 1. The Hall–Kier alpha value is -5.12. The molecule has 3 aromatic rings. The van der Waals surface area contributed by atoms with Crippen LogP contribution in [0.25, 0.3) is 5.70 Å². The zero-order valence-corrected chi connectivity index (χ0v) is 26.0. The highest BCUT2D eigenvalue weighted by Gasteiger charge is 2.50. The first-order valence-corrected chi connectivity index (χ1v) is 14.9. The van der Waals surface area contributed by atoms with E-state index in [1.54, 1.807) is 60.9 Å². The van der Waals surface area contributed by atoms with Crippen molar-refractivity contribution in [2.75, 3.05) is 6.61 Å². The van der Waals surface area contributed by atoms with Crippen LogP contribution in [0.1, 0.15) is 62.1 Å². The second kappa shape index (κ2) is 12.9. The largest absolute Gasteiger partial charge is 0.473 e. The van der Waals surface area contributed by atoms with E-state index in [2.05, 4.69) is 15.3 Å². The lowest BCUT2D eigenvalue weighted by atomic mass is 9.89. The Balaban J connectivity index is 1.77. The summed E-state index contributed by atoms with van der Waals surface area (Å²) < 4.78 is 5.82. The summed E-state index contributed by atoms with van der Waals surface area (Å²) >= 11 is 0. The highest BCUT2D eigenvalue weighted by Crippen LogP contribution is 2.37. The number of rotatable bonds is 9. The van der Waals surface area contributed by atoms with Gasteiger partial charge in [0.2, 0.25) is 11.7 Å². The summed E-state index contributed by atoms with van der Waals surface area (Å²) in [5.74, 6) is -2.30. The van der Waals surface area contributed by atoms with Crippen molar-refractivity contribution in [3.05, 3.63) is 108 Å². The van der Waals surface area contributed by atoms with Gasteiger partial charge in [-0.2, -0.15) is 0 Å². The monoisotopic (exact) mass is 607 g/mol. The average molecular weight is 608 g/mol. The Morgan fingerprint density at radius 3 is 2.20 bits per heavy atom. The van der Waals surface area contributed by atoms with Crippen LogP contribution in [0.4, 0.5) is 0 Å². The highest BCUT2D eigenvalue weighted by molar-refractivity contribution is 6.39. The Morgan fingerprint density at radius 1 is 0.978 bits per heavy atom. The number of ether oxygens (including phenoxy) is 1. The second-order valence-corrected chi connectivity index (χ2v) is 12.1. The summed E-state index contributed by atoms with van der Waals surface area (Å²) in [4.78, 5) is 67.7. The summed E-state index contributed by atoms with van der Waals surface area (Å²) in [6.07, 6.45) is 4.65. The van der Waals surface area contributed by atoms with Gasteiger partial charge in [0.05, 0.1) is 22.8 Å². The van der Waals surface area contributed by atoms with E-state index < -0.39 is 41.3 Å². The van der Waals surface area contributed by atoms with Crippen LogP contribution in [0.5, 0.6) is 0 Å². The minimum Gasteiger partial charge on any atom is -0.473 e. The molecule has 2 aliphatic heterocycles. The number of hydrogen-bond acceptors (Lipinski definition) is 7. The van der Waals surface area contributed by atoms with Gasteiger partial charge in [-0.15, -0.1) is 0 Å². The van der Waals surface area contributed by atoms with E-state index in [1.165, 1.54) is 22.9 Å². The van der Waals surface area contributed by atoms with Crippen molar-refractivity contribution >= 4 is 35.1 Å². The molecule has 1 aromatic heterocycles. The predicted molar refractivity (Wildman–Crippen MR) is 170 cm³/mol. The molecule has 10 heteroatoms. The Bertz CT molecular complexity index is 1640. The summed E-state index contributed by atoms with van der Waals surface area (Å²) in [5, 5.41) is 2.93. The molecule has 3 heterocycles. The first-order valence-electron chi connectivity index (χ1n) is 14.9. The molecule has 10 nitrogen and oxygen atoms in total. The van der Waals surface area contributed by atoms with Gasteiger partial charge in [-0.1, -0.05) is 74.5 Å². The summed E-state index contributed by atoms with van der Waals surface area (Å²) in [6, 6.07) is 18.1. The molecule has 1 N–H and O–H groups in total. The van der Waals surface area contributed by atoms with Crippen LogP contribution >= 0.6 is 0 Å². The summed E-state index contributed by atoms with van der Waals surface area (Å²) in [7, 11) is 0. The lowest BCUT2D eigenvalue weighted by Crippen LogP contribution is -2.61. The highest BCUT2D eigenvalue weighted by atomic mass is 16.5. The molecule has 232 valence electrons. The van der Waals surface area contributed by atoms with Gasteiger partial charge < -0.3 is 15.0 Å². The first kappa shape index (κ1) is 31.3. The second-order valence-electron chi connectivity index (χ2n) is 12.1. The van der Waals surface area contributed by atoms with Crippen LogP contribution in [0.2, 0.25) is 0 Å². The van der Waals surface area contributed by atoms with E-state index in [9.17, 15) is 19.2 Å². The molecule has 3 amide bonds. The number of pyridine rings is 1. The minimum atomic E-state index is -1.31. The lowest BCUT2D eigenvalue weighted by Gasteiger charge is -2.45. The molecule has 0 aliphatic carbocycles. The van der Waals surface area contributed by atoms with Gasteiger partial charge in [-0.25, -0.2) is 4.99 Å². The van der Waals surface area contributed by atoms with E-state index in [-0.39, 0.29) is 24.3 Å². The Kier molecular flexibility index (Phi) is 8.94. The third-order valence-corrected chi connectivity index (χ3v) is 7.71.